The summed E-state index contributed by atoms with van der Waals surface area (Å²) in [6, 6.07) is 6.64. The van der Waals surface area contributed by atoms with Crippen molar-refractivity contribution in [1.29, 1.82) is 0 Å². The van der Waals surface area contributed by atoms with E-state index in [0.717, 1.165) is 11.3 Å². The van der Waals surface area contributed by atoms with Gasteiger partial charge in [-0.3, -0.25) is 4.79 Å². The number of aryl methyl sites for hydroxylation is 2. The normalized spacial score (nSPS) is 12.3. The lowest BCUT2D eigenvalue weighted by molar-refractivity contribution is -0.120. The standard InChI is InChI=1S/C21H28N6O3S2/c1-13-16(14(2)27-19(23-13)24-20(25-27)31-6)11-18(28)22-12-15-9-7-8-10-17(15)32(29,30)26-21(3,4)5/h7-10,26H,11-12H2,1-6H3,(H,22,28). The average molecular weight is 477 g/mol. The second-order valence-electron chi connectivity index (χ2n) is 8.49. The molecule has 0 aliphatic carbocycles. The number of carbonyl (C=O) groups excluding carboxylic acids is 1. The second-order valence-corrected chi connectivity index (χ2v) is 10.9. The Hall–Kier alpha value is -2.50. The van der Waals surface area contributed by atoms with E-state index in [9.17, 15) is 13.2 Å². The number of aromatic nitrogens is 4. The number of benzene rings is 1. The van der Waals surface area contributed by atoms with Gasteiger partial charge in [-0.05, 0) is 52.5 Å². The first kappa shape index (κ1) is 24.1. The van der Waals surface area contributed by atoms with Crippen LogP contribution in [0.5, 0.6) is 0 Å². The summed E-state index contributed by atoms with van der Waals surface area (Å²) in [4.78, 5) is 21.7. The molecule has 1 amide bonds. The van der Waals surface area contributed by atoms with E-state index < -0.39 is 15.6 Å². The van der Waals surface area contributed by atoms with E-state index in [2.05, 4.69) is 25.1 Å². The number of amides is 1. The summed E-state index contributed by atoms with van der Waals surface area (Å²) in [6.07, 6.45) is 1.99. The van der Waals surface area contributed by atoms with Crippen molar-refractivity contribution in [3.8, 4) is 0 Å². The number of nitrogens with one attached hydrogen (secondary N) is 2. The number of hydrogen-bond acceptors (Lipinski definition) is 7. The summed E-state index contributed by atoms with van der Waals surface area (Å²) < 4.78 is 29.9. The lowest BCUT2D eigenvalue weighted by Gasteiger charge is -2.21. The molecule has 0 unspecified atom stereocenters. The van der Waals surface area contributed by atoms with Crippen molar-refractivity contribution in [1.82, 2.24) is 29.6 Å². The van der Waals surface area contributed by atoms with Crippen LogP contribution in [0.2, 0.25) is 0 Å². The van der Waals surface area contributed by atoms with Crippen molar-refractivity contribution < 1.29 is 13.2 Å². The highest BCUT2D eigenvalue weighted by Gasteiger charge is 2.24. The maximum Gasteiger partial charge on any atom is 0.253 e. The molecule has 0 atom stereocenters. The third kappa shape index (κ3) is 5.45. The smallest absolute Gasteiger partial charge is 0.253 e. The van der Waals surface area contributed by atoms with Crippen LogP contribution in [0.1, 0.15) is 43.3 Å². The van der Waals surface area contributed by atoms with Gasteiger partial charge in [-0.15, -0.1) is 5.10 Å². The second kappa shape index (κ2) is 9.16. The first-order chi connectivity index (χ1) is 14.9. The lowest BCUT2D eigenvalue weighted by atomic mass is 10.1. The largest absolute Gasteiger partial charge is 0.352 e. The van der Waals surface area contributed by atoms with E-state index in [1.807, 2.05) is 20.1 Å². The summed E-state index contributed by atoms with van der Waals surface area (Å²) in [7, 11) is -3.73. The molecular weight excluding hydrogens is 448 g/mol. The van der Waals surface area contributed by atoms with Crippen molar-refractivity contribution in [3.05, 3.63) is 46.8 Å². The number of rotatable bonds is 7. The molecule has 3 rings (SSSR count). The highest BCUT2D eigenvalue weighted by atomic mass is 32.2. The van der Waals surface area contributed by atoms with Gasteiger partial charge in [-0.1, -0.05) is 30.0 Å². The van der Waals surface area contributed by atoms with E-state index in [4.69, 9.17) is 0 Å². The minimum Gasteiger partial charge on any atom is -0.352 e. The lowest BCUT2D eigenvalue weighted by Crippen LogP contribution is -2.41. The van der Waals surface area contributed by atoms with Crippen LogP contribution in [0.4, 0.5) is 0 Å². The van der Waals surface area contributed by atoms with Gasteiger partial charge in [0.05, 0.1) is 11.3 Å². The van der Waals surface area contributed by atoms with E-state index in [-0.39, 0.29) is 23.8 Å². The fourth-order valence-electron chi connectivity index (χ4n) is 3.32. The fraction of sp³-hybridized carbons (Fsp3) is 0.429. The molecule has 2 aromatic heterocycles. The van der Waals surface area contributed by atoms with Gasteiger partial charge in [0.2, 0.25) is 21.1 Å². The number of sulfonamides is 1. The molecule has 1 aromatic carbocycles. The molecule has 2 heterocycles. The van der Waals surface area contributed by atoms with Crippen molar-refractivity contribution in [2.75, 3.05) is 6.26 Å². The topological polar surface area (TPSA) is 118 Å². The number of thioether (sulfide) groups is 1. The van der Waals surface area contributed by atoms with Gasteiger partial charge in [0.1, 0.15) is 0 Å². The summed E-state index contributed by atoms with van der Waals surface area (Å²) in [5.74, 6) is 0.262. The molecule has 0 aliphatic heterocycles. The van der Waals surface area contributed by atoms with Crippen LogP contribution in [0.15, 0.2) is 34.3 Å². The van der Waals surface area contributed by atoms with Gasteiger partial charge in [-0.2, -0.15) is 4.98 Å². The Kier molecular flexibility index (Phi) is 6.91. The highest BCUT2D eigenvalue weighted by molar-refractivity contribution is 7.98. The Balaban J connectivity index is 1.78. The first-order valence-electron chi connectivity index (χ1n) is 10.1. The zero-order chi connectivity index (χ0) is 23.7. The third-order valence-corrected chi connectivity index (χ3v) is 7.12. The molecule has 0 saturated heterocycles. The molecule has 0 fully saturated rings. The summed E-state index contributed by atoms with van der Waals surface area (Å²) >= 11 is 1.42. The van der Waals surface area contributed by atoms with Gasteiger partial charge >= 0.3 is 0 Å². The van der Waals surface area contributed by atoms with Gasteiger partial charge in [0.25, 0.3) is 5.78 Å². The molecule has 0 spiro atoms. The molecule has 9 nitrogen and oxygen atoms in total. The Morgan fingerprint density at radius 1 is 1.16 bits per heavy atom. The first-order valence-corrected chi connectivity index (χ1v) is 12.8. The van der Waals surface area contributed by atoms with Crippen molar-refractivity contribution in [2.45, 2.75) is 63.2 Å². The molecule has 3 aromatic rings. The summed E-state index contributed by atoms with van der Waals surface area (Å²) in [6.45, 7) is 9.14. The minimum atomic E-state index is -3.73. The monoisotopic (exact) mass is 476 g/mol. The molecule has 0 bridgehead atoms. The Bertz CT molecular complexity index is 1260. The van der Waals surface area contributed by atoms with Gasteiger partial charge < -0.3 is 5.32 Å². The summed E-state index contributed by atoms with van der Waals surface area (Å²) in [5, 5.41) is 7.85. The van der Waals surface area contributed by atoms with Crippen LogP contribution in [0.25, 0.3) is 5.78 Å². The van der Waals surface area contributed by atoms with Crippen LogP contribution in [0.3, 0.4) is 0 Å². The number of nitrogens with zero attached hydrogens (tertiary/aromatic N) is 4. The molecule has 32 heavy (non-hydrogen) atoms. The number of fused-ring (bicyclic) bond motifs is 1. The van der Waals surface area contributed by atoms with Crippen LogP contribution >= 0.6 is 11.8 Å². The predicted octanol–water partition coefficient (Wildman–Crippen LogP) is 2.40. The molecular formula is C21H28N6O3S2. The zero-order valence-electron chi connectivity index (χ0n) is 19.1. The van der Waals surface area contributed by atoms with Gasteiger partial charge in [0, 0.05) is 29.0 Å². The van der Waals surface area contributed by atoms with Crippen molar-refractivity contribution in [2.24, 2.45) is 0 Å². The van der Waals surface area contributed by atoms with Crippen molar-refractivity contribution in [3.63, 3.8) is 0 Å². The minimum absolute atomic E-state index is 0.0910. The SMILES string of the molecule is CSc1nc2nc(C)c(CC(=O)NCc3ccccc3S(=O)(=O)NC(C)(C)C)c(C)n2n1. The molecule has 0 saturated carbocycles. The van der Waals surface area contributed by atoms with E-state index in [1.54, 1.807) is 43.5 Å². The average Bonchev–Trinajstić information content (AvgIpc) is 3.11. The summed E-state index contributed by atoms with van der Waals surface area (Å²) in [5.41, 5.74) is 2.17. The fourth-order valence-corrected chi connectivity index (χ4v) is 5.31. The maximum absolute atomic E-state index is 12.8. The van der Waals surface area contributed by atoms with Crippen LogP contribution in [-0.2, 0) is 27.8 Å². The van der Waals surface area contributed by atoms with E-state index in [0.29, 0.717) is 22.2 Å². The number of carbonyl (C=O) groups is 1. The predicted molar refractivity (Wildman–Crippen MR) is 124 cm³/mol. The van der Waals surface area contributed by atoms with Crippen LogP contribution in [-0.4, -0.2) is 45.7 Å². The van der Waals surface area contributed by atoms with Crippen LogP contribution in [0, 0.1) is 13.8 Å². The van der Waals surface area contributed by atoms with Gasteiger partial charge in [0.15, 0.2) is 0 Å². The molecule has 11 heteroatoms. The van der Waals surface area contributed by atoms with Gasteiger partial charge in [-0.25, -0.2) is 22.6 Å². The highest BCUT2D eigenvalue weighted by Crippen LogP contribution is 2.19. The molecule has 0 radical (unpaired) electrons. The quantitative estimate of drug-likeness (QED) is 0.503. The maximum atomic E-state index is 12.8. The molecule has 0 aliphatic rings. The zero-order valence-corrected chi connectivity index (χ0v) is 20.7. The van der Waals surface area contributed by atoms with E-state index >= 15 is 0 Å². The van der Waals surface area contributed by atoms with Crippen LogP contribution < -0.4 is 10.0 Å². The Labute approximate surface area is 192 Å². The molecule has 2 N–H and O–H groups in total. The Morgan fingerprint density at radius 3 is 2.50 bits per heavy atom. The molecule has 172 valence electrons. The van der Waals surface area contributed by atoms with Crippen molar-refractivity contribution >= 4 is 33.5 Å². The third-order valence-electron chi connectivity index (χ3n) is 4.73. The van der Waals surface area contributed by atoms with E-state index in [1.165, 1.54) is 17.8 Å². The number of hydrogen-bond donors (Lipinski definition) is 2. The Morgan fingerprint density at radius 2 is 1.84 bits per heavy atom.